The van der Waals surface area contributed by atoms with E-state index in [-0.39, 0.29) is 46.4 Å². The van der Waals surface area contributed by atoms with Gasteiger partial charge in [0.15, 0.2) is 5.76 Å². The number of nitrogens with one attached hydrogen (secondary N) is 1. The Morgan fingerprint density at radius 3 is 2.34 bits per heavy atom. The average molecular weight is 521 g/mol. The lowest BCUT2D eigenvalue weighted by Gasteiger charge is -2.26. The summed E-state index contributed by atoms with van der Waals surface area (Å²) < 4.78 is 32.1. The van der Waals surface area contributed by atoms with Gasteiger partial charge in [0, 0.05) is 30.1 Å². The van der Waals surface area contributed by atoms with Crippen LogP contribution in [0.4, 0.5) is 16.6 Å². The molecular weight excluding hydrogens is 506 g/mol. The third kappa shape index (κ3) is 4.48. The van der Waals surface area contributed by atoms with Crippen molar-refractivity contribution < 1.29 is 32.3 Å². The third-order valence-corrected chi connectivity index (χ3v) is 8.17. The van der Waals surface area contributed by atoms with Gasteiger partial charge in [0.05, 0.1) is 21.4 Å². The second-order valence-electron chi connectivity index (χ2n) is 7.26. The Kier molecular flexibility index (Phi) is 6.10. The maximum absolute atomic E-state index is 13.1. The predicted octanol–water partition coefficient (Wildman–Crippen LogP) is 2.26. The van der Waals surface area contributed by atoms with Gasteiger partial charge in [0.25, 0.3) is 17.5 Å². The summed E-state index contributed by atoms with van der Waals surface area (Å²) in [7, 11) is -4.01. The van der Waals surface area contributed by atoms with Crippen molar-refractivity contribution in [3.05, 3.63) is 78.4 Å². The molecule has 1 aromatic carbocycles. The first kappa shape index (κ1) is 24.0. The fraction of sp³-hybridized carbons (Fsp3) is 0.158. The van der Waals surface area contributed by atoms with Crippen LogP contribution in [0.3, 0.4) is 0 Å². The zero-order valence-electron chi connectivity index (χ0n) is 17.5. The monoisotopic (exact) mass is 521 g/mol. The number of nitrogens with two attached hydrogens (primary N) is 1. The Bertz CT molecular complexity index is 1470. The quantitative estimate of drug-likeness (QED) is 0.344. The molecule has 2 aromatic heterocycles. The molecule has 35 heavy (non-hydrogen) atoms. The summed E-state index contributed by atoms with van der Waals surface area (Å²) in [4.78, 5) is 45.1. The summed E-state index contributed by atoms with van der Waals surface area (Å²) in [6.45, 7) is -0.122. The molecule has 0 spiro atoms. The number of furan rings is 1. The van der Waals surface area contributed by atoms with Gasteiger partial charge in [-0.05, 0) is 30.2 Å². The van der Waals surface area contributed by atoms with E-state index in [1.165, 1.54) is 0 Å². The highest BCUT2D eigenvalue weighted by Gasteiger charge is 2.34. The van der Waals surface area contributed by atoms with E-state index in [9.17, 15) is 38.2 Å². The van der Waals surface area contributed by atoms with Gasteiger partial charge in [-0.1, -0.05) is 0 Å². The number of non-ortho nitro benzene ring substituents is 1. The molecule has 3 aromatic rings. The molecule has 0 aliphatic carbocycles. The Morgan fingerprint density at radius 2 is 1.77 bits per heavy atom. The molecule has 1 aliphatic heterocycles. The molecule has 1 aliphatic rings. The van der Waals surface area contributed by atoms with Crippen molar-refractivity contribution in [1.29, 1.82) is 0 Å². The number of fused-ring (bicyclic) bond motifs is 1. The van der Waals surface area contributed by atoms with Crippen LogP contribution >= 0.6 is 11.3 Å². The van der Waals surface area contributed by atoms with Gasteiger partial charge in [0.1, 0.15) is 9.92 Å². The molecule has 0 unspecified atom stereocenters. The largest absolute Gasteiger partial charge is 0.433 e. The van der Waals surface area contributed by atoms with E-state index in [2.05, 4.69) is 5.32 Å². The van der Waals surface area contributed by atoms with Crippen molar-refractivity contribution in [2.45, 2.75) is 17.9 Å². The number of amides is 2. The summed E-state index contributed by atoms with van der Waals surface area (Å²) in [6.07, 6.45) is 0.123. The second-order valence-corrected chi connectivity index (χ2v) is 10.3. The summed E-state index contributed by atoms with van der Waals surface area (Å²) in [5.41, 5.74) is 5.76. The van der Waals surface area contributed by atoms with Crippen LogP contribution in [0.1, 0.15) is 31.4 Å². The molecule has 2 amide bonds. The van der Waals surface area contributed by atoms with E-state index in [4.69, 9.17) is 10.2 Å². The maximum Gasteiger partial charge on any atom is 0.433 e. The van der Waals surface area contributed by atoms with Crippen molar-refractivity contribution >= 4 is 49.7 Å². The molecule has 0 atom stereocenters. The highest BCUT2D eigenvalue weighted by molar-refractivity contribution is 7.89. The van der Waals surface area contributed by atoms with E-state index < -0.39 is 37.6 Å². The van der Waals surface area contributed by atoms with Gasteiger partial charge in [-0.3, -0.25) is 29.8 Å². The maximum atomic E-state index is 13.1. The number of nitro benzene ring substituents is 1. The zero-order valence-corrected chi connectivity index (χ0v) is 19.1. The highest BCUT2D eigenvalue weighted by Crippen LogP contribution is 2.38. The molecule has 0 saturated carbocycles. The second kappa shape index (κ2) is 8.90. The minimum Gasteiger partial charge on any atom is -0.395 e. The molecule has 3 heterocycles. The van der Waals surface area contributed by atoms with Gasteiger partial charge < -0.3 is 15.5 Å². The first-order chi connectivity index (χ1) is 16.5. The van der Waals surface area contributed by atoms with Crippen LogP contribution < -0.4 is 11.1 Å². The molecule has 0 fully saturated rings. The number of carbonyl (C=O) groups excluding carboxylic acids is 2. The SMILES string of the molecule is NC(=O)c1c(NC(=O)c2ccc([N+](=O)[O-])o2)sc2c1CCN(S(=O)(=O)c1ccc([N+](=O)[O-])cc1)C2. The van der Waals surface area contributed by atoms with Crippen LogP contribution in [-0.4, -0.2) is 40.9 Å². The summed E-state index contributed by atoms with van der Waals surface area (Å²) in [5.74, 6) is -2.69. The molecule has 0 bridgehead atoms. The van der Waals surface area contributed by atoms with Crippen molar-refractivity contribution in [1.82, 2.24) is 4.31 Å². The number of benzene rings is 1. The summed E-state index contributed by atoms with van der Waals surface area (Å²) in [6, 6.07) is 6.56. The van der Waals surface area contributed by atoms with Crippen LogP contribution in [0.15, 0.2) is 45.7 Å². The number of primary amides is 1. The first-order valence-electron chi connectivity index (χ1n) is 9.73. The van der Waals surface area contributed by atoms with Crippen molar-refractivity contribution in [3.8, 4) is 0 Å². The molecule has 4 rings (SSSR count). The Morgan fingerprint density at radius 1 is 1.09 bits per heavy atom. The lowest BCUT2D eigenvalue weighted by Crippen LogP contribution is -2.35. The smallest absolute Gasteiger partial charge is 0.395 e. The number of anilines is 1. The van der Waals surface area contributed by atoms with Crippen LogP contribution in [-0.2, 0) is 23.0 Å². The minimum absolute atomic E-state index is 0.00109. The van der Waals surface area contributed by atoms with E-state index in [1.54, 1.807) is 0 Å². The Balaban J connectivity index is 1.61. The van der Waals surface area contributed by atoms with Crippen LogP contribution in [0.5, 0.6) is 0 Å². The van der Waals surface area contributed by atoms with Crippen molar-refractivity contribution in [2.24, 2.45) is 5.73 Å². The molecular formula is C19H15N5O9S2. The number of nitrogens with zero attached hydrogens (tertiary/aromatic N) is 3. The van der Waals surface area contributed by atoms with Crippen molar-refractivity contribution in [2.75, 3.05) is 11.9 Å². The van der Waals surface area contributed by atoms with E-state index in [1.807, 2.05) is 0 Å². The molecule has 182 valence electrons. The first-order valence-corrected chi connectivity index (χ1v) is 12.0. The Labute approximate surface area is 200 Å². The number of carbonyl (C=O) groups is 2. The minimum atomic E-state index is -4.01. The van der Waals surface area contributed by atoms with Crippen molar-refractivity contribution in [3.63, 3.8) is 0 Å². The molecule has 16 heteroatoms. The fourth-order valence-electron chi connectivity index (χ4n) is 3.54. The Hall–Kier alpha value is -4.15. The number of hydrogen-bond acceptors (Lipinski definition) is 10. The number of nitro groups is 2. The number of sulfonamides is 1. The van der Waals surface area contributed by atoms with Gasteiger partial charge in [-0.15, -0.1) is 11.3 Å². The van der Waals surface area contributed by atoms with Gasteiger partial charge >= 0.3 is 5.88 Å². The van der Waals surface area contributed by atoms with Gasteiger partial charge in [-0.2, -0.15) is 4.31 Å². The number of thiophene rings is 1. The predicted molar refractivity (Wildman–Crippen MR) is 121 cm³/mol. The summed E-state index contributed by atoms with van der Waals surface area (Å²) in [5, 5.41) is 24.1. The average Bonchev–Trinajstić information content (AvgIpc) is 3.43. The van der Waals surface area contributed by atoms with Gasteiger partial charge in [-0.25, -0.2) is 8.42 Å². The van der Waals surface area contributed by atoms with Crippen LogP contribution in [0.2, 0.25) is 0 Å². The molecule has 0 saturated heterocycles. The third-order valence-electron chi connectivity index (χ3n) is 5.18. The normalized spacial score (nSPS) is 13.7. The van der Waals surface area contributed by atoms with E-state index in [0.29, 0.717) is 10.4 Å². The molecule has 14 nitrogen and oxygen atoms in total. The fourth-order valence-corrected chi connectivity index (χ4v) is 6.29. The van der Waals surface area contributed by atoms with Gasteiger partial charge in [0.2, 0.25) is 10.0 Å². The highest BCUT2D eigenvalue weighted by atomic mass is 32.2. The zero-order chi connectivity index (χ0) is 25.5. The summed E-state index contributed by atoms with van der Waals surface area (Å²) >= 11 is 0.944. The van der Waals surface area contributed by atoms with E-state index in [0.717, 1.165) is 52.0 Å². The molecule has 3 N–H and O–H groups in total. The number of rotatable bonds is 7. The van der Waals surface area contributed by atoms with Crippen LogP contribution in [0.25, 0.3) is 0 Å². The topological polar surface area (TPSA) is 209 Å². The molecule has 0 radical (unpaired) electrons. The standard InChI is InChI=1S/C19H15N5O9S2/c20-17(25)16-12-7-8-22(35(31,32)11-3-1-10(2-4-11)23(27)28)9-14(12)34-19(16)21-18(26)13-5-6-15(33-13)24(29)30/h1-6H,7-9H2,(H2,20,25)(H,21,26). The lowest BCUT2D eigenvalue weighted by molar-refractivity contribution is -0.402. The van der Waals surface area contributed by atoms with Crippen LogP contribution in [0, 0.1) is 20.2 Å². The number of hydrogen-bond donors (Lipinski definition) is 2. The van der Waals surface area contributed by atoms with E-state index >= 15 is 0 Å². The lowest BCUT2D eigenvalue weighted by atomic mass is 10.0.